The van der Waals surface area contributed by atoms with Crippen molar-refractivity contribution in [3.63, 3.8) is 0 Å². The molecule has 2 rings (SSSR count). The van der Waals surface area contributed by atoms with Crippen molar-refractivity contribution < 1.29 is 19.4 Å². The van der Waals surface area contributed by atoms with Gasteiger partial charge in [-0.2, -0.15) is 0 Å². The van der Waals surface area contributed by atoms with Gasteiger partial charge < -0.3 is 19.9 Å². The highest BCUT2D eigenvalue weighted by molar-refractivity contribution is 5.91. The number of ether oxygens (including phenoxy) is 2. The maximum Gasteiger partial charge on any atom is 0.231 e. The van der Waals surface area contributed by atoms with E-state index in [0.717, 1.165) is 0 Å². The third kappa shape index (κ3) is 2.43. The van der Waals surface area contributed by atoms with Gasteiger partial charge in [-0.3, -0.25) is 4.79 Å². The van der Waals surface area contributed by atoms with Crippen LogP contribution in [0.15, 0.2) is 18.2 Å². The van der Waals surface area contributed by atoms with E-state index in [1.165, 1.54) is 0 Å². The summed E-state index contributed by atoms with van der Waals surface area (Å²) >= 11 is 0. The van der Waals surface area contributed by atoms with E-state index in [2.05, 4.69) is 5.32 Å². The van der Waals surface area contributed by atoms with Crippen molar-refractivity contribution >= 4 is 11.6 Å². The maximum absolute atomic E-state index is 11.4. The number of amides is 1. The Balaban J connectivity index is 1.97. The lowest BCUT2D eigenvalue weighted by molar-refractivity contribution is -0.116. The molecular formula is C11H13NO4. The monoisotopic (exact) mass is 223 g/mol. The number of hydrogen-bond acceptors (Lipinski definition) is 4. The molecule has 1 aromatic rings. The lowest BCUT2D eigenvalue weighted by atomic mass is 10.2. The molecule has 0 aliphatic carbocycles. The average molecular weight is 223 g/mol. The minimum atomic E-state index is -0.118. The second kappa shape index (κ2) is 4.85. The van der Waals surface area contributed by atoms with Crippen molar-refractivity contribution in [3.05, 3.63) is 18.2 Å². The van der Waals surface area contributed by atoms with Gasteiger partial charge in [0, 0.05) is 24.8 Å². The van der Waals surface area contributed by atoms with Gasteiger partial charge in [-0.1, -0.05) is 0 Å². The lowest BCUT2D eigenvalue weighted by Gasteiger charge is -2.05. The molecule has 0 aromatic heterocycles. The molecule has 0 fully saturated rings. The molecule has 0 unspecified atom stereocenters. The van der Waals surface area contributed by atoms with E-state index < -0.39 is 0 Å². The summed E-state index contributed by atoms with van der Waals surface area (Å²) < 4.78 is 10.3. The van der Waals surface area contributed by atoms with Gasteiger partial charge in [-0.15, -0.1) is 0 Å². The zero-order valence-corrected chi connectivity index (χ0v) is 8.73. The summed E-state index contributed by atoms with van der Waals surface area (Å²) in [5.74, 6) is 1.21. The Morgan fingerprint density at radius 2 is 2.19 bits per heavy atom. The van der Waals surface area contributed by atoms with Crippen LogP contribution in [-0.2, 0) is 4.79 Å². The van der Waals surface area contributed by atoms with Crippen molar-refractivity contribution in [2.24, 2.45) is 0 Å². The van der Waals surface area contributed by atoms with Crippen LogP contribution >= 0.6 is 0 Å². The largest absolute Gasteiger partial charge is 0.454 e. The van der Waals surface area contributed by atoms with Crippen molar-refractivity contribution in [3.8, 4) is 11.5 Å². The van der Waals surface area contributed by atoms with Gasteiger partial charge in [-0.05, 0) is 18.6 Å². The van der Waals surface area contributed by atoms with Crippen molar-refractivity contribution in [2.45, 2.75) is 12.8 Å². The van der Waals surface area contributed by atoms with E-state index in [4.69, 9.17) is 14.6 Å². The summed E-state index contributed by atoms with van der Waals surface area (Å²) in [6.45, 7) is 0.242. The van der Waals surface area contributed by atoms with Gasteiger partial charge in [0.2, 0.25) is 12.7 Å². The number of nitrogens with one attached hydrogen (secondary N) is 1. The smallest absolute Gasteiger partial charge is 0.231 e. The SMILES string of the molecule is O=C(CCCO)Nc1ccc2c(c1)OCO2. The quantitative estimate of drug-likeness (QED) is 0.802. The van der Waals surface area contributed by atoms with E-state index in [9.17, 15) is 4.79 Å². The first-order valence-electron chi connectivity index (χ1n) is 5.10. The molecule has 1 amide bonds. The summed E-state index contributed by atoms with van der Waals surface area (Å²) in [4.78, 5) is 11.4. The highest BCUT2D eigenvalue weighted by Crippen LogP contribution is 2.34. The van der Waals surface area contributed by atoms with Gasteiger partial charge in [0.05, 0.1) is 0 Å². The molecule has 0 atom stereocenters. The van der Waals surface area contributed by atoms with Gasteiger partial charge in [0.1, 0.15) is 0 Å². The molecule has 0 spiro atoms. The van der Waals surface area contributed by atoms with Crippen molar-refractivity contribution in [2.75, 3.05) is 18.7 Å². The molecule has 0 saturated heterocycles. The molecule has 1 heterocycles. The molecule has 1 aliphatic rings. The first-order valence-corrected chi connectivity index (χ1v) is 5.10. The Morgan fingerprint density at radius 3 is 3.00 bits per heavy atom. The number of carbonyl (C=O) groups is 1. The van der Waals surface area contributed by atoms with Crippen LogP contribution in [0.5, 0.6) is 11.5 Å². The first kappa shape index (κ1) is 10.8. The molecule has 0 radical (unpaired) electrons. The Hall–Kier alpha value is -1.75. The number of aliphatic hydroxyl groups is 1. The Bertz CT molecular complexity index is 392. The Kier molecular flexibility index (Phi) is 3.26. The highest BCUT2D eigenvalue weighted by atomic mass is 16.7. The van der Waals surface area contributed by atoms with E-state index in [1.807, 2.05) is 0 Å². The average Bonchev–Trinajstić information content (AvgIpc) is 2.73. The van der Waals surface area contributed by atoms with E-state index in [1.54, 1.807) is 18.2 Å². The normalized spacial score (nSPS) is 12.6. The van der Waals surface area contributed by atoms with E-state index in [-0.39, 0.29) is 19.3 Å². The summed E-state index contributed by atoms with van der Waals surface area (Å²) in [6.07, 6.45) is 0.779. The van der Waals surface area contributed by atoms with Gasteiger partial charge in [0.15, 0.2) is 11.5 Å². The summed E-state index contributed by atoms with van der Waals surface area (Å²) in [7, 11) is 0. The number of hydrogen-bond donors (Lipinski definition) is 2. The van der Waals surface area contributed by atoms with Crippen LogP contribution in [0.2, 0.25) is 0 Å². The van der Waals surface area contributed by atoms with Crippen LogP contribution in [0.3, 0.4) is 0 Å². The van der Waals surface area contributed by atoms with Crippen LogP contribution in [0, 0.1) is 0 Å². The highest BCUT2D eigenvalue weighted by Gasteiger charge is 2.13. The fourth-order valence-electron chi connectivity index (χ4n) is 1.44. The molecule has 86 valence electrons. The van der Waals surface area contributed by atoms with Crippen molar-refractivity contribution in [1.29, 1.82) is 0 Å². The molecule has 1 aromatic carbocycles. The van der Waals surface area contributed by atoms with Crippen LogP contribution in [0.25, 0.3) is 0 Å². The van der Waals surface area contributed by atoms with Crippen LogP contribution in [0.1, 0.15) is 12.8 Å². The third-order valence-corrected chi connectivity index (χ3v) is 2.22. The second-order valence-electron chi connectivity index (χ2n) is 3.44. The van der Waals surface area contributed by atoms with Crippen LogP contribution < -0.4 is 14.8 Å². The third-order valence-electron chi connectivity index (χ3n) is 2.22. The molecule has 5 nitrogen and oxygen atoms in total. The maximum atomic E-state index is 11.4. The van der Waals surface area contributed by atoms with Gasteiger partial charge in [-0.25, -0.2) is 0 Å². The number of benzene rings is 1. The predicted octanol–water partition coefficient (Wildman–Crippen LogP) is 1.13. The molecule has 0 saturated carbocycles. The number of fused-ring (bicyclic) bond motifs is 1. The van der Waals surface area contributed by atoms with E-state index in [0.29, 0.717) is 30.0 Å². The summed E-state index contributed by atoms with van der Waals surface area (Å²) in [5, 5.41) is 11.3. The molecule has 2 N–H and O–H groups in total. The summed E-state index contributed by atoms with van der Waals surface area (Å²) in [6, 6.07) is 5.23. The van der Waals surface area contributed by atoms with Crippen molar-refractivity contribution in [1.82, 2.24) is 0 Å². The Labute approximate surface area is 93.0 Å². The number of anilines is 1. The van der Waals surface area contributed by atoms with Gasteiger partial charge >= 0.3 is 0 Å². The molecule has 1 aliphatic heterocycles. The molecular weight excluding hydrogens is 210 g/mol. The zero-order chi connectivity index (χ0) is 11.4. The fraction of sp³-hybridized carbons (Fsp3) is 0.364. The van der Waals surface area contributed by atoms with Crippen LogP contribution in [-0.4, -0.2) is 24.4 Å². The van der Waals surface area contributed by atoms with Crippen LogP contribution in [0.4, 0.5) is 5.69 Å². The minimum Gasteiger partial charge on any atom is -0.454 e. The fourth-order valence-corrected chi connectivity index (χ4v) is 1.44. The standard InChI is InChI=1S/C11H13NO4/c13-5-1-2-11(14)12-8-3-4-9-10(6-8)16-7-15-9/h3-4,6,13H,1-2,5,7H2,(H,12,14). The lowest BCUT2D eigenvalue weighted by Crippen LogP contribution is -2.11. The molecule has 16 heavy (non-hydrogen) atoms. The first-order chi connectivity index (χ1) is 7.79. The van der Waals surface area contributed by atoms with Gasteiger partial charge in [0.25, 0.3) is 0 Å². The number of rotatable bonds is 4. The molecule has 5 heteroatoms. The number of aliphatic hydroxyl groups excluding tert-OH is 1. The molecule has 0 bridgehead atoms. The topological polar surface area (TPSA) is 67.8 Å². The Morgan fingerprint density at radius 1 is 1.38 bits per heavy atom. The minimum absolute atomic E-state index is 0.0224. The number of carbonyl (C=O) groups excluding carboxylic acids is 1. The second-order valence-corrected chi connectivity index (χ2v) is 3.44. The van der Waals surface area contributed by atoms with E-state index >= 15 is 0 Å². The zero-order valence-electron chi connectivity index (χ0n) is 8.73. The summed E-state index contributed by atoms with van der Waals surface area (Å²) in [5.41, 5.74) is 0.673. The predicted molar refractivity (Wildman–Crippen MR) is 57.5 cm³/mol.